The molecule has 0 N–H and O–H groups in total. The molecule has 18 aromatic rings. The number of para-hydroxylation sites is 2. The summed E-state index contributed by atoms with van der Waals surface area (Å²) in [6.45, 7) is 0. The van der Waals surface area contributed by atoms with Gasteiger partial charge in [0.25, 0.3) is 0 Å². The van der Waals surface area contributed by atoms with Crippen LogP contribution in [0.3, 0.4) is 0 Å². The van der Waals surface area contributed by atoms with Crippen molar-refractivity contribution in [2.24, 2.45) is 0 Å². The van der Waals surface area contributed by atoms with E-state index in [1.165, 1.54) is 123 Å². The van der Waals surface area contributed by atoms with Gasteiger partial charge in [-0.1, -0.05) is 273 Å². The van der Waals surface area contributed by atoms with Crippen LogP contribution in [0.2, 0.25) is 0 Å². The van der Waals surface area contributed by atoms with E-state index in [1.54, 1.807) is 0 Å². The molecular weight excluding hydrogens is 1200 g/mol. The van der Waals surface area contributed by atoms with Crippen molar-refractivity contribution in [3.63, 3.8) is 0 Å². The average molecular weight is 1260 g/mol. The summed E-state index contributed by atoms with van der Waals surface area (Å²) in [7, 11) is 0. The third-order valence-electron chi connectivity index (χ3n) is 19.1. The van der Waals surface area contributed by atoms with E-state index in [1.807, 2.05) is 22.7 Å². The largest absolute Gasteiger partial charge is 0.310 e. The van der Waals surface area contributed by atoms with Crippen molar-refractivity contribution in [1.29, 1.82) is 0 Å². The Kier molecular flexibility index (Phi) is 14.3. The minimum absolute atomic E-state index is 1.08. The molecule has 0 spiro atoms. The van der Waals surface area contributed by atoms with Gasteiger partial charge in [-0.05, 0) is 179 Å². The number of anilines is 6. The zero-order valence-corrected chi connectivity index (χ0v) is 54.0. The van der Waals surface area contributed by atoms with Crippen LogP contribution in [0.15, 0.2) is 364 Å². The number of thiophene rings is 2. The molecule has 0 unspecified atom stereocenters. The first-order valence-corrected chi connectivity index (χ1v) is 34.4. The molecule has 450 valence electrons. The summed E-state index contributed by atoms with van der Waals surface area (Å²) < 4.78 is 5.22. The number of hydrogen-bond donors (Lipinski definition) is 0. The van der Waals surface area contributed by atoms with Crippen LogP contribution in [0.5, 0.6) is 0 Å². The first kappa shape index (κ1) is 56.8. The van der Waals surface area contributed by atoms with Gasteiger partial charge in [-0.3, -0.25) is 0 Å². The van der Waals surface area contributed by atoms with Gasteiger partial charge in [-0.15, -0.1) is 22.7 Å². The van der Waals surface area contributed by atoms with Gasteiger partial charge in [0, 0.05) is 74.2 Å². The van der Waals surface area contributed by atoms with Gasteiger partial charge in [-0.2, -0.15) is 0 Å². The lowest BCUT2D eigenvalue weighted by Crippen LogP contribution is -2.11. The Balaban J connectivity index is 0.698. The lowest BCUT2D eigenvalue weighted by Gasteiger charge is -2.29. The summed E-state index contributed by atoms with van der Waals surface area (Å²) in [6.07, 6.45) is 0. The van der Waals surface area contributed by atoms with Crippen LogP contribution in [-0.2, 0) is 0 Å². The number of nitrogens with zero attached hydrogens (tertiary/aromatic N) is 2. The summed E-state index contributed by atoms with van der Waals surface area (Å²) >= 11 is 3.72. The molecule has 2 heterocycles. The molecule has 0 fully saturated rings. The molecule has 0 aliphatic rings. The van der Waals surface area contributed by atoms with Crippen LogP contribution in [0, 0.1) is 0 Å². The van der Waals surface area contributed by atoms with E-state index in [0.717, 1.165) is 50.8 Å². The maximum absolute atomic E-state index is 2.45. The van der Waals surface area contributed by atoms with Gasteiger partial charge < -0.3 is 9.80 Å². The van der Waals surface area contributed by atoms with Crippen LogP contribution >= 0.6 is 22.7 Å². The van der Waals surface area contributed by atoms with Crippen molar-refractivity contribution in [1.82, 2.24) is 0 Å². The molecule has 0 aliphatic carbocycles. The second-order valence-corrected chi connectivity index (χ2v) is 26.8. The van der Waals surface area contributed by atoms with E-state index in [0.29, 0.717) is 0 Å². The van der Waals surface area contributed by atoms with Crippen molar-refractivity contribution < 1.29 is 0 Å². The smallest absolute Gasteiger partial charge is 0.0540 e. The van der Waals surface area contributed by atoms with Crippen molar-refractivity contribution >= 4 is 119 Å². The van der Waals surface area contributed by atoms with Gasteiger partial charge in [0.1, 0.15) is 0 Å². The maximum Gasteiger partial charge on any atom is 0.0540 e. The Morgan fingerprint density at radius 3 is 1.25 bits per heavy atom. The van der Waals surface area contributed by atoms with Crippen LogP contribution in [0.25, 0.3) is 140 Å². The quantitative estimate of drug-likeness (QED) is 0.114. The molecule has 0 saturated heterocycles. The summed E-state index contributed by atoms with van der Waals surface area (Å²) in [4.78, 5) is 4.88. The zero-order valence-electron chi connectivity index (χ0n) is 52.4. The lowest BCUT2D eigenvalue weighted by molar-refractivity contribution is 1.28. The topological polar surface area (TPSA) is 6.48 Å². The molecular formula is C92H60N2S2. The predicted molar refractivity (Wildman–Crippen MR) is 415 cm³/mol. The highest BCUT2D eigenvalue weighted by Crippen LogP contribution is 2.49. The first-order chi connectivity index (χ1) is 47.6. The van der Waals surface area contributed by atoms with E-state index in [4.69, 9.17) is 0 Å². The average Bonchev–Trinajstić information content (AvgIpc) is 0.930. The van der Waals surface area contributed by atoms with Crippen LogP contribution in [0.1, 0.15) is 0 Å². The monoisotopic (exact) mass is 1260 g/mol. The number of rotatable bonds is 13. The van der Waals surface area contributed by atoms with E-state index < -0.39 is 0 Å². The maximum atomic E-state index is 2.45. The molecule has 0 bridgehead atoms. The summed E-state index contributed by atoms with van der Waals surface area (Å²) in [6, 6.07) is 134. The van der Waals surface area contributed by atoms with Crippen molar-refractivity contribution in [2.45, 2.75) is 0 Å². The fraction of sp³-hybridized carbons (Fsp3) is 0. The van der Waals surface area contributed by atoms with Crippen molar-refractivity contribution in [2.75, 3.05) is 9.80 Å². The van der Waals surface area contributed by atoms with E-state index in [-0.39, 0.29) is 0 Å². The molecule has 16 aromatic carbocycles. The Hall–Kier alpha value is -11.9. The second kappa shape index (κ2) is 24.2. The minimum atomic E-state index is 1.08. The predicted octanol–water partition coefficient (Wildman–Crippen LogP) is 27.3. The van der Waals surface area contributed by atoms with Gasteiger partial charge in [-0.25, -0.2) is 0 Å². The highest BCUT2D eigenvalue weighted by atomic mass is 32.1. The third kappa shape index (κ3) is 10.2. The first-order valence-electron chi connectivity index (χ1n) is 32.8. The van der Waals surface area contributed by atoms with Gasteiger partial charge in [0.2, 0.25) is 0 Å². The van der Waals surface area contributed by atoms with Crippen LogP contribution in [-0.4, -0.2) is 0 Å². The van der Waals surface area contributed by atoms with Gasteiger partial charge in [0.15, 0.2) is 0 Å². The Morgan fingerprint density at radius 2 is 0.562 bits per heavy atom. The van der Waals surface area contributed by atoms with Crippen LogP contribution < -0.4 is 9.80 Å². The molecule has 0 aliphatic heterocycles. The summed E-state index contributed by atoms with van der Waals surface area (Å²) in [5, 5.41) is 10.0. The minimum Gasteiger partial charge on any atom is -0.310 e. The van der Waals surface area contributed by atoms with E-state index in [9.17, 15) is 0 Å². The Bertz CT molecular complexity index is 5960. The SMILES string of the molecule is c1ccc(-c2ccc(N(c3cccc(-c4cccc5sc6ccccc6c45)c3)c3ccccc3-c3cccc4c(-c5ccc(-c6ccc(N(c7cccc(-c8ccc9sc%10ccccc%10c9c8)c7)c7ccccc7-c7cccc8ccccc78)cc6)cc5)cccc34)cc2)cc1. The molecule has 2 nitrogen and oxygen atoms in total. The highest BCUT2D eigenvalue weighted by Gasteiger charge is 2.23. The number of hydrogen-bond acceptors (Lipinski definition) is 4. The Labute approximate surface area is 566 Å². The highest BCUT2D eigenvalue weighted by molar-refractivity contribution is 7.26. The molecule has 18 rings (SSSR count). The third-order valence-corrected chi connectivity index (χ3v) is 21.4. The van der Waals surface area contributed by atoms with Gasteiger partial charge >= 0.3 is 0 Å². The molecule has 0 atom stereocenters. The Morgan fingerprint density at radius 1 is 0.177 bits per heavy atom. The van der Waals surface area contributed by atoms with Crippen molar-refractivity contribution in [3.8, 4) is 77.9 Å². The van der Waals surface area contributed by atoms with E-state index >= 15 is 0 Å². The molecule has 0 amide bonds. The number of benzene rings is 16. The normalized spacial score (nSPS) is 11.5. The molecule has 96 heavy (non-hydrogen) atoms. The van der Waals surface area contributed by atoms with Crippen LogP contribution in [0.4, 0.5) is 34.1 Å². The summed E-state index contributed by atoms with van der Waals surface area (Å²) in [5.41, 5.74) is 23.0. The second-order valence-electron chi connectivity index (χ2n) is 24.7. The zero-order chi connectivity index (χ0) is 63.5. The molecule has 0 saturated carbocycles. The molecule has 0 radical (unpaired) electrons. The van der Waals surface area contributed by atoms with Gasteiger partial charge in [0.05, 0.1) is 11.4 Å². The summed E-state index contributed by atoms with van der Waals surface area (Å²) in [5.74, 6) is 0. The lowest BCUT2D eigenvalue weighted by atomic mass is 9.91. The van der Waals surface area contributed by atoms with E-state index in [2.05, 4.69) is 374 Å². The standard InChI is InChI=1S/C92H60N2S2/c1-2-20-61(21-3-1)63-48-53-71(54-49-63)94(73-27-15-25-69(59-73)76-34-19-43-91-92(76)84-32-9-13-42-89(84)96-91)87-40-11-7-30-82(87)80-38-18-36-77-75(33-17-37-79(77)80)66-46-44-62(45-47-66)64-50-55-70(56-51-64)93(86-39-10-6-29-81(86)78-35-16-23-65-22-4-5-28-74(65)78)72-26-14-24-67(58-72)68-52-57-90-85(60-68)83-31-8-12-41-88(83)95-90/h1-60H. The van der Waals surface area contributed by atoms with Crippen molar-refractivity contribution in [3.05, 3.63) is 364 Å². The molecule has 4 heteroatoms. The fourth-order valence-electron chi connectivity index (χ4n) is 14.5. The molecule has 2 aromatic heterocycles. The number of fused-ring (bicyclic) bond motifs is 8. The fourth-order valence-corrected chi connectivity index (χ4v) is 16.8.